The summed E-state index contributed by atoms with van der Waals surface area (Å²) in [6.07, 6.45) is 0.988. The lowest BCUT2D eigenvalue weighted by Gasteiger charge is -2.11. The topological polar surface area (TPSA) is 84.5 Å². The molecule has 146 valence electrons. The van der Waals surface area contributed by atoms with Crippen molar-refractivity contribution in [3.05, 3.63) is 70.9 Å². The zero-order chi connectivity index (χ0) is 20.0. The normalized spacial score (nSPS) is 11.0. The number of hydrogen-bond acceptors (Lipinski definition) is 5. The quantitative estimate of drug-likeness (QED) is 0.578. The average molecular weight is 417 g/mol. The van der Waals surface area contributed by atoms with E-state index in [0.717, 1.165) is 4.88 Å². The third kappa shape index (κ3) is 5.34. The molecule has 0 aliphatic heterocycles. The van der Waals surface area contributed by atoms with E-state index in [0.29, 0.717) is 30.0 Å². The molecule has 2 N–H and O–H groups in total. The molecule has 8 heteroatoms. The van der Waals surface area contributed by atoms with Gasteiger partial charge in [-0.15, -0.1) is 11.3 Å². The Morgan fingerprint density at radius 2 is 1.82 bits per heavy atom. The van der Waals surface area contributed by atoms with Crippen molar-refractivity contribution in [3.8, 4) is 5.75 Å². The predicted molar refractivity (Wildman–Crippen MR) is 112 cm³/mol. The van der Waals surface area contributed by atoms with Gasteiger partial charge >= 0.3 is 0 Å². The number of ether oxygens (including phenoxy) is 1. The van der Waals surface area contributed by atoms with Crippen LogP contribution in [0.25, 0.3) is 0 Å². The number of sulfonamides is 1. The van der Waals surface area contributed by atoms with Gasteiger partial charge in [0.15, 0.2) is 0 Å². The predicted octanol–water partition coefficient (Wildman–Crippen LogP) is 4.13. The molecule has 0 bridgehead atoms. The second-order valence-electron chi connectivity index (χ2n) is 5.99. The largest absolute Gasteiger partial charge is 0.497 e. The molecule has 0 aliphatic rings. The minimum atomic E-state index is -3.78. The van der Waals surface area contributed by atoms with E-state index in [-0.39, 0.29) is 10.8 Å². The molecule has 3 aromatic rings. The van der Waals surface area contributed by atoms with Crippen LogP contribution in [0.15, 0.2) is 70.9 Å². The van der Waals surface area contributed by atoms with Crippen molar-refractivity contribution in [2.24, 2.45) is 0 Å². The highest BCUT2D eigenvalue weighted by atomic mass is 32.2. The van der Waals surface area contributed by atoms with Gasteiger partial charge in [0, 0.05) is 22.7 Å². The third-order valence-electron chi connectivity index (χ3n) is 3.95. The van der Waals surface area contributed by atoms with Crippen LogP contribution >= 0.6 is 11.3 Å². The van der Waals surface area contributed by atoms with E-state index >= 15 is 0 Å². The van der Waals surface area contributed by atoms with Crippen LogP contribution in [0.3, 0.4) is 0 Å². The van der Waals surface area contributed by atoms with E-state index in [9.17, 15) is 13.2 Å². The first kappa shape index (κ1) is 19.9. The van der Waals surface area contributed by atoms with Crippen LogP contribution < -0.4 is 14.8 Å². The van der Waals surface area contributed by atoms with E-state index < -0.39 is 10.0 Å². The third-order valence-corrected chi connectivity index (χ3v) is 6.26. The van der Waals surface area contributed by atoms with Crippen molar-refractivity contribution in [1.82, 2.24) is 0 Å². The van der Waals surface area contributed by atoms with Crippen LogP contribution in [0.5, 0.6) is 5.75 Å². The minimum absolute atomic E-state index is 0.0689. The lowest BCUT2D eigenvalue weighted by atomic mass is 10.2. The molecule has 0 spiro atoms. The number of amides is 1. The standard InChI is InChI=1S/C20H20N2O4S2/c1-26-17-9-7-15(8-10-17)22-28(24,25)19-6-2-4-16(14-19)21-20(23)12-11-18-5-3-13-27-18/h2-10,13-14,22H,11-12H2,1H3,(H,21,23). The fraction of sp³-hybridized carbons (Fsp3) is 0.150. The second-order valence-corrected chi connectivity index (χ2v) is 8.70. The van der Waals surface area contributed by atoms with Gasteiger partial charge in [-0.25, -0.2) is 8.42 Å². The molecule has 28 heavy (non-hydrogen) atoms. The van der Waals surface area contributed by atoms with Crippen molar-refractivity contribution >= 4 is 38.6 Å². The van der Waals surface area contributed by atoms with Gasteiger partial charge in [0.2, 0.25) is 5.91 Å². The van der Waals surface area contributed by atoms with Gasteiger partial charge in [0.05, 0.1) is 12.0 Å². The molecule has 0 aliphatic carbocycles. The molecule has 6 nitrogen and oxygen atoms in total. The van der Waals surface area contributed by atoms with Crippen LogP contribution in [-0.2, 0) is 21.2 Å². The molecule has 0 radical (unpaired) electrons. The molecular weight excluding hydrogens is 396 g/mol. The fourth-order valence-corrected chi connectivity index (χ4v) is 4.34. The zero-order valence-electron chi connectivity index (χ0n) is 15.2. The van der Waals surface area contributed by atoms with Crippen LogP contribution in [0.4, 0.5) is 11.4 Å². The highest BCUT2D eigenvalue weighted by Gasteiger charge is 2.15. The highest BCUT2D eigenvalue weighted by molar-refractivity contribution is 7.92. The summed E-state index contributed by atoms with van der Waals surface area (Å²) in [6.45, 7) is 0. The smallest absolute Gasteiger partial charge is 0.261 e. The van der Waals surface area contributed by atoms with Crippen LogP contribution in [-0.4, -0.2) is 21.4 Å². The zero-order valence-corrected chi connectivity index (χ0v) is 16.8. The van der Waals surface area contributed by atoms with Crippen molar-refractivity contribution in [3.63, 3.8) is 0 Å². The molecule has 0 unspecified atom stereocenters. The monoisotopic (exact) mass is 416 g/mol. The molecule has 2 aromatic carbocycles. The second kappa shape index (κ2) is 8.90. The maximum Gasteiger partial charge on any atom is 0.261 e. The molecule has 3 rings (SSSR count). The number of carbonyl (C=O) groups excluding carboxylic acids is 1. The summed E-state index contributed by atoms with van der Waals surface area (Å²) in [5, 5.41) is 4.72. The molecule has 1 heterocycles. The van der Waals surface area contributed by atoms with Gasteiger partial charge < -0.3 is 10.1 Å². The summed E-state index contributed by atoms with van der Waals surface area (Å²) in [7, 11) is -2.24. The Morgan fingerprint density at radius 1 is 1.04 bits per heavy atom. The lowest BCUT2D eigenvalue weighted by molar-refractivity contribution is -0.116. The average Bonchev–Trinajstić information content (AvgIpc) is 3.21. The molecule has 0 fully saturated rings. The van der Waals surface area contributed by atoms with Crippen LogP contribution in [0.1, 0.15) is 11.3 Å². The number of carbonyl (C=O) groups is 1. The lowest BCUT2D eigenvalue weighted by Crippen LogP contribution is -2.15. The molecule has 1 amide bonds. The first-order chi connectivity index (χ1) is 13.5. The number of thiophene rings is 1. The summed E-state index contributed by atoms with van der Waals surface area (Å²) >= 11 is 1.60. The van der Waals surface area contributed by atoms with Gasteiger partial charge in [-0.2, -0.15) is 0 Å². The maximum absolute atomic E-state index is 12.6. The highest BCUT2D eigenvalue weighted by Crippen LogP contribution is 2.21. The summed E-state index contributed by atoms with van der Waals surface area (Å²) < 4.78 is 32.8. The van der Waals surface area contributed by atoms with Gasteiger partial charge in [0.1, 0.15) is 5.75 Å². The minimum Gasteiger partial charge on any atom is -0.497 e. The van der Waals surface area contributed by atoms with Crippen molar-refractivity contribution in [2.45, 2.75) is 17.7 Å². The van der Waals surface area contributed by atoms with Crippen molar-refractivity contribution < 1.29 is 17.9 Å². The number of hydrogen-bond donors (Lipinski definition) is 2. The summed E-state index contributed by atoms with van der Waals surface area (Å²) in [4.78, 5) is 13.3. The van der Waals surface area contributed by atoms with E-state index in [1.165, 1.54) is 12.1 Å². The summed E-state index contributed by atoms with van der Waals surface area (Å²) in [6, 6.07) is 16.7. The molecule has 0 atom stereocenters. The number of benzene rings is 2. The number of anilines is 2. The Kier molecular flexibility index (Phi) is 6.33. The van der Waals surface area contributed by atoms with Crippen LogP contribution in [0, 0.1) is 0 Å². The van der Waals surface area contributed by atoms with Gasteiger partial charge in [0.25, 0.3) is 10.0 Å². The summed E-state index contributed by atoms with van der Waals surface area (Å²) in [5.41, 5.74) is 0.861. The Morgan fingerprint density at radius 3 is 2.50 bits per heavy atom. The van der Waals surface area contributed by atoms with Gasteiger partial charge in [-0.05, 0) is 60.3 Å². The van der Waals surface area contributed by atoms with E-state index in [1.54, 1.807) is 54.8 Å². The van der Waals surface area contributed by atoms with Crippen molar-refractivity contribution in [1.29, 1.82) is 0 Å². The Hall–Kier alpha value is -2.84. The van der Waals surface area contributed by atoms with E-state index in [4.69, 9.17) is 4.74 Å². The Labute approximate surface area is 168 Å². The van der Waals surface area contributed by atoms with E-state index in [2.05, 4.69) is 10.0 Å². The van der Waals surface area contributed by atoms with Crippen LogP contribution in [0.2, 0.25) is 0 Å². The molecule has 1 aromatic heterocycles. The fourth-order valence-electron chi connectivity index (χ4n) is 2.53. The van der Waals surface area contributed by atoms with Gasteiger partial charge in [-0.1, -0.05) is 12.1 Å². The molecule has 0 saturated heterocycles. The summed E-state index contributed by atoms with van der Waals surface area (Å²) in [5.74, 6) is 0.473. The first-order valence-corrected chi connectivity index (χ1v) is 10.9. The SMILES string of the molecule is COc1ccc(NS(=O)(=O)c2cccc(NC(=O)CCc3cccs3)c2)cc1. The number of nitrogens with one attached hydrogen (secondary N) is 2. The number of aryl methyl sites for hydroxylation is 1. The number of methoxy groups -OCH3 is 1. The maximum atomic E-state index is 12.6. The Bertz CT molecular complexity index is 1030. The van der Waals surface area contributed by atoms with Crippen molar-refractivity contribution in [2.75, 3.05) is 17.1 Å². The first-order valence-electron chi connectivity index (χ1n) is 8.55. The number of rotatable bonds is 8. The molecule has 0 saturated carbocycles. The Balaban J connectivity index is 1.66. The van der Waals surface area contributed by atoms with E-state index in [1.807, 2.05) is 17.5 Å². The van der Waals surface area contributed by atoms with Gasteiger partial charge in [-0.3, -0.25) is 9.52 Å². The molecular formula is C20H20N2O4S2.